The van der Waals surface area contributed by atoms with Crippen molar-refractivity contribution in [3.63, 3.8) is 0 Å². The average Bonchev–Trinajstić information content (AvgIpc) is 2.47. The monoisotopic (exact) mass is 307 g/mol. The number of hydrazone groups is 1. The summed E-state index contributed by atoms with van der Waals surface area (Å²) < 4.78 is 4.75. The van der Waals surface area contributed by atoms with Gasteiger partial charge in [-0.1, -0.05) is 18.2 Å². The lowest BCUT2D eigenvalue weighted by Gasteiger charge is -2.03. The molecule has 1 rings (SSSR count). The van der Waals surface area contributed by atoms with E-state index in [1.807, 2.05) is 0 Å². The Labute approximate surface area is 127 Å². The van der Waals surface area contributed by atoms with Crippen LogP contribution in [0, 0.1) is 0 Å². The zero-order valence-corrected chi connectivity index (χ0v) is 12.0. The van der Waals surface area contributed by atoms with Gasteiger partial charge in [-0.3, -0.25) is 9.59 Å². The summed E-state index contributed by atoms with van der Waals surface area (Å²) in [5.74, 6) is -2.14. The van der Waals surface area contributed by atoms with Crippen LogP contribution in [-0.4, -0.2) is 49.4 Å². The molecular formula is C14H17N3O5. The molecule has 0 fully saturated rings. The average molecular weight is 307 g/mol. The molecular weight excluding hydrogens is 290 g/mol. The van der Waals surface area contributed by atoms with Crippen molar-refractivity contribution in [1.82, 2.24) is 10.7 Å². The molecule has 2 amide bonds. The minimum Gasteiger partial charge on any atom is -0.478 e. The van der Waals surface area contributed by atoms with Gasteiger partial charge in [0.15, 0.2) is 0 Å². The second-order valence-corrected chi connectivity index (χ2v) is 4.21. The molecule has 1 aromatic carbocycles. The van der Waals surface area contributed by atoms with Gasteiger partial charge in [0, 0.05) is 19.2 Å². The van der Waals surface area contributed by atoms with Crippen LogP contribution in [0.25, 0.3) is 0 Å². The molecule has 0 spiro atoms. The molecule has 0 aromatic heterocycles. The number of nitrogens with zero attached hydrogens (tertiary/aromatic N) is 1. The molecule has 0 atom stereocenters. The van der Waals surface area contributed by atoms with E-state index >= 15 is 0 Å². The minimum atomic E-state index is -1.09. The fraction of sp³-hybridized carbons (Fsp3) is 0.286. The van der Waals surface area contributed by atoms with Gasteiger partial charge < -0.3 is 15.2 Å². The molecule has 1 aromatic rings. The van der Waals surface area contributed by atoms with Gasteiger partial charge in [-0.2, -0.15) is 5.10 Å². The summed E-state index contributed by atoms with van der Waals surface area (Å²) in [6.07, 6.45) is 0.839. The van der Waals surface area contributed by atoms with E-state index in [1.54, 1.807) is 18.2 Å². The molecule has 0 bridgehead atoms. The molecule has 0 aliphatic carbocycles. The molecule has 22 heavy (non-hydrogen) atoms. The van der Waals surface area contributed by atoms with E-state index < -0.39 is 17.8 Å². The number of carbonyl (C=O) groups excluding carboxylic acids is 2. The summed E-state index contributed by atoms with van der Waals surface area (Å²) in [6, 6.07) is 6.22. The van der Waals surface area contributed by atoms with Crippen molar-refractivity contribution in [2.45, 2.75) is 6.42 Å². The maximum atomic E-state index is 11.5. The van der Waals surface area contributed by atoms with E-state index in [4.69, 9.17) is 9.84 Å². The second kappa shape index (κ2) is 9.24. The van der Waals surface area contributed by atoms with Crippen LogP contribution in [0.3, 0.4) is 0 Å². The van der Waals surface area contributed by atoms with Crippen molar-refractivity contribution < 1.29 is 24.2 Å². The first-order chi connectivity index (χ1) is 10.5. The Morgan fingerprint density at radius 2 is 2.00 bits per heavy atom. The van der Waals surface area contributed by atoms with Crippen molar-refractivity contribution in [3.8, 4) is 0 Å². The number of methoxy groups -OCH3 is 1. The molecule has 8 heteroatoms. The topological polar surface area (TPSA) is 117 Å². The number of nitrogens with one attached hydrogen (secondary N) is 2. The highest BCUT2D eigenvalue weighted by Crippen LogP contribution is 2.05. The highest BCUT2D eigenvalue weighted by molar-refractivity contribution is 5.99. The molecule has 0 saturated carbocycles. The molecule has 3 N–H and O–H groups in total. The SMILES string of the molecule is COCCNC(=O)CC(=O)NN=Cc1ccccc1C(=O)O. The van der Waals surface area contributed by atoms with Gasteiger partial charge in [0.05, 0.1) is 18.4 Å². The lowest BCUT2D eigenvalue weighted by Crippen LogP contribution is -2.31. The number of carboxylic acid groups (broad SMARTS) is 1. The highest BCUT2D eigenvalue weighted by Gasteiger charge is 2.09. The first-order valence-corrected chi connectivity index (χ1v) is 6.44. The Kier molecular flexibility index (Phi) is 7.27. The minimum absolute atomic E-state index is 0.0674. The zero-order chi connectivity index (χ0) is 16.4. The van der Waals surface area contributed by atoms with Crippen molar-refractivity contribution >= 4 is 24.0 Å². The van der Waals surface area contributed by atoms with E-state index in [2.05, 4.69) is 15.8 Å². The highest BCUT2D eigenvalue weighted by atomic mass is 16.5. The molecule has 118 valence electrons. The molecule has 8 nitrogen and oxygen atoms in total. The Bertz CT molecular complexity index is 571. The van der Waals surface area contributed by atoms with Crippen LogP contribution in [0.2, 0.25) is 0 Å². The van der Waals surface area contributed by atoms with Crippen molar-refractivity contribution in [2.75, 3.05) is 20.3 Å². The van der Waals surface area contributed by atoms with Crippen molar-refractivity contribution in [1.29, 1.82) is 0 Å². The molecule has 0 saturated heterocycles. The number of hydrogen-bond donors (Lipinski definition) is 3. The third kappa shape index (κ3) is 6.14. The molecule has 0 aliphatic heterocycles. The van der Waals surface area contributed by atoms with Crippen LogP contribution in [0.4, 0.5) is 0 Å². The van der Waals surface area contributed by atoms with Crippen LogP contribution >= 0.6 is 0 Å². The van der Waals surface area contributed by atoms with Crippen molar-refractivity contribution in [3.05, 3.63) is 35.4 Å². The summed E-state index contributed by atoms with van der Waals surface area (Å²) in [6.45, 7) is 0.676. The number of carbonyl (C=O) groups is 3. The number of benzene rings is 1. The van der Waals surface area contributed by atoms with E-state index in [0.717, 1.165) is 0 Å². The predicted octanol–water partition coefficient (Wildman–Crippen LogP) is -0.0124. The second-order valence-electron chi connectivity index (χ2n) is 4.21. The van der Waals surface area contributed by atoms with Crippen LogP contribution in [0.1, 0.15) is 22.3 Å². The number of carboxylic acids is 1. The zero-order valence-electron chi connectivity index (χ0n) is 12.0. The maximum absolute atomic E-state index is 11.5. The van der Waals surface area contributed by atoms with E-state index in [-0.39, 0.29) is 12.0 Å². The summed E-state index contributed by atoms with van der Waals surface area (Å²) >= 11 is 0. The van der Waals surface area contributed by atoms with Crippen LogP contribution < -0.4 is 10.7 Å². The largest absolute Gasteiger partial charge is 0.478 e. The van der Waals surface area contributed by atoms with Gasteiger partial charge in [0.25, 0.3) is 0 Å². The third-order valence-corrected chi connectivity index (χ3v) is 2.53. The van der Waals surface area contributed by atoms with Crippen LogP contribution in [-0.2, 0) is 14.3 Å². The Balaban J connectivity index is 2.47. The van der Waals surface area contributed by atoms with Gasteiger partial charge in [0.2, 0.25) is 11.8 Å². The number of aromatic carboxylic acids is 1. The third-order valence-electron chi connectivity index (χ3n) is 2.53. The first-order valence-electron chi connectivity index (χ1n) is 6.44. The molecule has 0 heterocycles. The standard InChI is InChI=1S/C14H17N3O5/c1-22-7-6-15-12(18)8-13(19)17-16-9-10-4-2-3-5-11(10)14(20)21/h2-5,9H,6-8H2,1H3,(H,15,18)(H,17,19)(H,20,21). The summed E-state index contributed by atoms with van der Waals surface area (Å²) in [5, 5.41) is 15.1. The quantitative estimate of drug-likeness (QED) is 0.270. The lowest BCUT2D eigenvalue weighted by atomic mass is 10.1. The Morgan fingerprint density at radius 3 is 2.68 bits per heavy atom. The molecule has 0 aliphatic rings. The van der Waals surface area contributed by atoms with Gasteiger partial charge in [0.1, 0.15) is 6.42 Å². The van der Waals surface area contributed by atoms with Crippen LogP contribution in [0.15, 0.2) is 29.4 Å². The normalized spacial score (nSPS) is 10.4. The lowest BCUT2D eigenvalue weighted by molar-refractivity contribution is -0.129. The first kappa shape index (κ1) is 17.3. The number of rotatable bonds is 8. The van der Waals surface area contributed by atoms with E-state index in [1.165, 1.54) is 19.4 Å². The predicted molar refractivity (Wildman–Crippen MR) is 78.6 cm³/mol. The number of amides is 2. The summed E-state index contributed by atoms with van der Waals surface area (Å²) in [7, 11) is 1.50. The summed E-state index contributed by atoms with van der Waals surface area (Å²) in [4.78, 5) is 33.8. The van der Waals surface area contributed by atoms with Gasteiger partial charge in [-0.05, 0) is 6.07 Å². The number of ether oxygens (including phenoxy) is 1. The van der Waals surface area contributed by atoms with E-state index in [0.29, 0.717) is 18.7 Å². The summed E-state index contributed by atoms with van der Waals surface area (Å²) in [5.41, 5.74) is 2.58. The smallest absolute Gasteiger partial charge is 0.336 e. The van der Waals surface area contributed by atoms with Gasteiger partial charge in [-0.15, -0.1) is 0 Å². The number of hydrogen-bond acceptors (Lipinski definition) is 5. The Hall–Kier alpha value is -2.74. The molecule has 0 unspecified atom stereocenters. The fourth-order valence-electron chi connectivity index (χ4n) is 1.52. The Morgan fingerprint density at radius 1 is 1.27 bits per heavy atom. The van der Waals surface area contributed by atoms with Gasteiger partial charge >= 0.3 is 5.97 Å². The van der Waals surface area contributed by atoms with Crippen LogP contribution in [0.5, 0.6) is 0 Å². The van der Waals surface area contributed by atoms with Crippen molar-refractivity contribution in [2.24, 2.45) is 5.10 Å². The van der Waals surface area contributed by atoms with Gasteiger partial charge in [-0.25, -0.2) is 10.2 Å². The fourth-order valence-corrected chi connectivity index (χ4v) is 1.52. The van der Waals surface area contributed by atoms with E-state index in [9.17, 15) is 14.4 Å². The maximum Gasteiger partial charge on any atom is 0.336 e. The molecule has 0 radical (unpaired) electrons.